The number of halogens is 1. The van der Waals surface area contributed by atoms with Crippen LogP contribution >= 0.6 is 39.5 Å². The van der Waals surface area contributed by atoms with Crippen molar-refractivity contribution < 1.29 is 4.79 Å². The highest BCUT2D eigenvalue weighted by molar-refractivity contribution is 9.10. The first-order chi connectivity index (χ1) is 12.1. The van der Waals surface area contributed by atoms with Gasteiger partial charge >= 0.3 is 0 Å². The fourth-order valence-corrected chi connectivity index (χ4v) is 3.41. The van der Waals surface area contributed by atoms with Gasteiger partial charge in [-0.1, -0.05) is 6.08 Å². The van der Waals surface area contributed by atoms with Gasteiger partial charge in [0.15, 0.2) is 9.90 Å². The Bertz CT molecular complexity index is 976. The van der Waals surface area contributed by atoms with Crippen LogP contribution in [0.15, 0.2) is 41.0 Å². The first-order valence-corrected chi connectivity index (χ1v) is 9.26. The van der Waals surface area contributed by atoms with Crippen LogP contribution in [-0.2, 0) is 13.0 Å². The first kappa shape index (κ1) is 17.6. The molecule has 3 rings (SSSR count). The van der Waals surface area contributed by atoms with E-state index in [0.29, 0.717) is 28.4 Å². The Balaban J connectivity index is 1.71. The standard InChI is InChI=1S/C15H13BrN6OS2/c1-2-3-22-12(20-21-15(22)24)5-11-8-25-14(18-11)19-13(23)9-4-10(16)7-17-6-9/h2,4,6-8H,1,3,5H2,(H,21,24)(H,18,19,23). The quantitative estimate of drug-likeness (QED) is 0.455. The van der Waals surface area contributed by atoms with Gasteiger partial charge in [0.25, 0.3) is 5.91 Å². The van der Waals surface area contributed by atoms with Crippen LogP contribution in [0.3, 0.4) is 0 Å². The summed E-state index contributed by atoms with van der Waals surface area (Å²) in [6, 6.07) is 1.70. The van der Waals surface area contributed by atoms with Crippen LogP contribution in [-0.4, -0.2) is 30.6 Å². The van der Waals surface area contributed by atoms with Crippen LogP contribution in [0.2, 0.25) is 0 Å². The van der Waals surface area contributed by atoms with E-state index in [1.165, 1.54) is 17.5 Å². The van der Waals surface area contributed by atoms with Gasteiger partial charge in [-0.05, 0) is 34.2 Å². The van der Waals surface area contributed by atoms with Gasteiger partial charge in [-0.15, -0.1) is 17.9 Å². The maximum Gasteiger partial charge on any atom is 0.259 e. The Hall–Kier alpha value is -2.17. The average Bonchev–Trinajstić information content (AvgIpc) is 3.16. The molecule has 0 aromatic carbocycles. The number of nitrogens with zero attached hydrogens (tertiary/aromatic N) is 4. The molecule has 2 N–H and O–H groups in total. The molecule has 0 saturated heterocycles. The number of anilines is 1. The van der Waals surface area contributed by atoms with E-state index in [4.69, 9.17) is 12.2 Å². The van der Waals surface area contributed by atoms with E-state index in [1.807, 2.05) is 9.95 Å². The Morgan fingerprint density at radius 1 is 1.52 bits per heavy atom. The largest absolute Gasteiger partial charge is 0.300 e. The molecule has 3 heterocycles. The highest BCUT2D eigenvalue weighted by Gasteiger charge is 2.12. The molecule has 7 nitrogen and oxygen atoms in total. The molecule has 0 atom stereocenters. The number of H-pyrrole nitrogens is 1. The fraction of sp³-hybridized carbons (Fsp3) is 0.133. The zero-order valence-corrected chi connectivity index (χ0v) is 16.1. The lowest BCUT2D eigenvalue weighted by molar-refractivity contribution is 0.102. The summed E-state index contributed by atoms with van der Waals surface area (Å²) in [5.41, 5.74) is 1.25. The van der Waals surface area contributed by atoms with E-state index in [2.05, 4.69) is 48.0 Å². The van der Waals surface area contributed by atoms with Gasteiger partial charge in [-0.25, -0.2) is 4.98 Å². The van der Waals surface area contributed by atoms with Crippen molar-refractivity contribution >= 4 is 50.5 Å². The molecular formula is C15H13BrN6OS2. The molecule has 128 valence electrons. The molecule has 1 amide bonds. The van der Waals surface area contributed by atoms with Gasteiger partial charge in [0.05, 0.1) is 17.7 Å². The summed E-state index contributed by atoms with van der Waals surface area (Å²) in [7, 11) is 0. The minimum atomic E-state index is -0.260. The third kappa shape index (κ3) is 4.27. The number of hydrogen-bond donors (Lipinski definition) is 2. The Kier molecular flexibility index (Phi) is 5.51. The highest BCUT2D eigenvalue weighted by atomic mass is 79.9. The lowest BCUT2D eigenvalue weighted by Crippen LogP contribution is -2.12. The van der Waals surface area contributed by atoms with Crippen molar-refractivity contribution in [3.05, 3.63) is 62.8 Å². The number of aromatic nitrogens is 5. The summed E-state index contributed by atoms with van der Waals surface area (Å²) in [5.74, 6) is 0.508. The number of aromatic amines is 1. The summed E-state index contributed by atoms with van der Waals surface area (Å²) in [6.07, 6.45) is 5.38. The van der Waals surface area contributed by atoms with Gasteiger partial charge in [-0.2, -0.15) is 5.10 Å². The molecule has 0 aliphatic rings. The molecule has 0 aliphatic heterocycles. The number of pyridine rings is 1. The number of carbonyl (C=O) groups is 1. The molecule has 0 radical (unpaired) electrons. The predicted molar refractivity (Wildman–Crippen MR) is 102 cm³/mol. The Morgan fingerprint density at radius 2 is 2.36 bits per heavy atom. The molecule has 0 fully saturated rings. The smallest absolute Gasteiger partial charge is 0.259 e. The number of thiazole rings is 1. The van der Waals surface area contributed by atoms with Crippen LogP contribution in [0, 0.1) is 4.77 Å². The lowest BCUT2D eigenvalue weighted by Gasteiger charge is -2.02. The third-order valence-electron chi connectivity index (χ3n) is 3.23. The number of amides is 1. The van der Waals surface area contributed by atoms with Crippen molar-refractivity contribution in [3.8, 4) is 0 Å². The summed E-state index contributed by atoms with van der Waals surface area (Å²) in [6.45, 7) is 4.30. The average molecular weight is 437 g/mol. The zero-order valence-electron chi connectivity index (χ0n) is 12.9. The monoisotopic (exact) mass is 436 g/mol. The number of carbonyl (C=O) groups excluding carboxylic acids is 1. The Morgan fingerprint density at radius 3 is 3.12 bits per heavy atom. The number of rotatable bonds is 6. The second kappa shape index (κ2) is 7.81. The number of nitrogens with one attached hydrogen (secondary N) is 2. The van der Waals surface area contributed by atoms with Crippen LogP contribution in [0.5, 0.6) is 0 Å². The summed E-state index contributed by atoms with van der Waals surface area (Å²) in [4.78, 5) is 20.6. The van der Waals surface area contributed by atoms with Gasteiger partial charge in [0.2, 0.25) is 0 Å². The predicted octanol–water partition coefficient (Wildman–Crippen LogP) is 3.58. The van der Waals surface area contributed by atoms with Gasteiger partial charge in [0.1, 0.15) is 5.82 Å². The zero-order chi connectivity index (χ0) is 17.8. The maximum atomic E-state index is 12.2. The van der Waals surface area contributed by atoms with E-state index in [0.717, 1.165) is 16.0 Å². The van der Waals surface area contributed by atoms with Gasteiger partial charge in [0, 0.05) is 28.8 Å². The minimum Gasteiger partial charge on any atom is -0.300 e. The van der Waals surface area contributed by atoms with Crippen molar-refractivity contribution in [3.63, 3.8) is 0 Å². The van der Waals surface area contributed by atoms with Crippen LogP contribution < -0.4 is 5.32 Å². The van der Waals surface area contributed by atoms with Crippen molar-refractivity contribution in [2.45, 2.75) is 13.0 Å². The first-order valence-electron chi connectivity index (χ1n) is 7.18. The molecule has 0 saturated carbocycles. The molecule has 0 bridgehead atoms. The number of allylic oxidation sites excluding steroid dienone is 1. The van der Waals surface area contributed by atoms with Crippen molar-refractivity contribution in [2.75, 3.05) is 5.32 Å². The summed E-state index contributed by atoms with van der Waals surface area (Å²) in [5, 5.41) is 12.2. The molecule has 0 unspecified atom stereocenters. The third-order valence-corrected chi connectivity index (χ3v) is 4.78. The normalized spacial score (nSPS) is 10.6. The Labute approximate surface area is 161 Å². The van der Waals surface area contributed by atoms with Crippen molar-refractivity contribution in [1.82, 2.24) is 24.7 Å². The van der Waals surface area contributed by atoms with E-state index in [1.54, 1.807) is 18.3 Å². The topological polar surface area (TPSA) is 88.5 Å². The molecule has 0 spiro atoms. The van der Waals surface area contributed by atoms with Crippen molar-refractivity contribution in [2.24, 2.45) is 0 Å². The van der Waals surface area contributed by atoms with Crippen LogP contribution in [0.4, 0.5) is 5.13 Å². The fourth-order valence-electron chi connectivity index (χ4n) is 2.12. The molecular weight excluding hydrogens is 424 g/mol. The molecule has 3 aromatic rings. The summed E-state index contributed by atoms with van der Waals surface area (Å²) < 4.78 is 3.14. The van der Waals surface area contributed by atoms with E-state index < -0.39 is 0 Å². The highest BCUT2D eigenvalue weighted by Crippen LogP contribution is 2.19. The van der Waals surface area contributed by atoms with Crippen LogP contribution in [0.1, 0.15) is 21.9 Å². The van der Waals surface area contributed by atoms with E-state index >= 15 is 0 Å². The maximum absolute atomic E-state index is 12.2. The van der Waals surface area contributed by atoms with Gasteiger partial charge in [-0.3, -0.25) is 24.8 Å². The van der Waals surface area contributed by atoms with Gasteiger partial charge < -0.3 is 0 Å². The van der Waals surface area contributed by atoms with Crippen molar-refractivity contribution in [1.29, 1.82) is 0 Å². The second-order valence-corrected chi connectivity index (χ2v) is 7.17. The van der Waals surface area contributed by atoms with E-state index in [9.17, 15) is 4.79 Å². The lowest BCUT2D eigenvalue weighted by atomic mass is 10.3. The molecule has 0 aliphatic carbocycles. The number of hydrogen-bond acceptors (Lipinski definition) is 6. The minimum absolute atomic E-state index is 0.260. The molecule has 3 aromatic heterocycles. The SMILES string of the molecule is C=CCn1c(Cc2csc(NC(=O)c3cncc(Br)c3)n2)n[nH]c1=S. The summed E-state index contributed by atoms with van der Waals surface area (Å²) >= 11 is 9.84. The molecule has 10 heteroatoms. The second-order valence-electron chi connectivity index (χ2n) is 5.01. The van der Waals surface area contributed by atoms with Crippen LogP contribution in [0.25, 0.3) is 0 Å². The van der Waals surface area contributed by atoms with E-state index in [-0.39, 0.29) is 5.91 Å². The molecule has 25 heavy (non-hydrogen) atoms.